The average molecular weight is 117 g/mol. The Kier molecular flexibility index (Phi) is 12.7. The van der Waals surface area contributed by atoms with E-state index in [1.165, 1.54) is 0 Å². The smallest absolute Gasteiger partial charge is 0.414 e. The van der Waals surface area contributed by atoms with Crippen LogP contribution >= 0.6 is 0 Å². The predicted molar refractivity (Wildman–Crippen MR) is 23.5 cm³/mol. The van der Waals surface area contributed by atoms with Crippen molar-refractivity contribution in [2.75, 3.05) is 0 Å². The normalized spacial score (nSPS) is 5.50. The second kappa shape index (κ2) is 6.47. The quantitative estimate of drug-likeness (QED) is 0.313. The number of carboxylic acid groups (broad SMARTS) is 2. The van der Waals surface area contributed by atoms with Gasteiger partial charge in [-0.2, -0.15) is 0 Å². The molecule has 0 spiro atoms. The molecule has 0 amide bonds. The topological polar surface area (TPSA) is 74.6 Å². The Morgan fingerprint density at radius 1 is 1.00 bits per heavy atom. The molecule has 0 aliphatic heterocycles. The van der Waals surface area contributed by atoms with Gasteiger partial charge in [0, 0.05) is 18.9 Å². The molecule has 6 heteroatoms. The number of hydrogen-bond acceptors (Lipinski definition) is 2. The van der Waals surface area contributed by atoms with Crippen molar-refractivity contribution >= 4 is 30.8 Å². The Morgan fingerprint density at radius 2 is 1.12 bits per heavy atom. The van der Waals surface area contributed by atoms with Crippen LogP contribution in [0.2, 0.25) is 0 Å². The first-order chi connectivity index (χ1) is 2.64. The largest absolute Gasteiger partial charge is 0.473 e. The molecule has 0 aromatic rings. The van der Waals surface area contributed by atoms with Crippen molar-refractivity contribution in [1.82, 2.24) is 0 Å². The van der Waals surface area contributed by atoms with Crippen LogP contribution in [-0.2, 0) is 9.59 Å². The molecule has 0 fully saturated rings. The van der Waals surface area contributed by atoms with E-state index in [2.05, 4.69) is 0 Å². The fourth-order valence-corrected chi connectivity index (χ4v) is 0. The molecule has 2 N–H and O–H groups in total. The van der Waals surface area contributed by atoms with Crippen LogP contribution in [0, 0.1) is 0 Å². The van der Waals surface area contributed by atoms with Crippen molar-refractivity contribution in [1.29, 1.82) is 0 Å². The van der Waals surface area contributed by atoms with Gasteiger partial charge in [0.25, 0.3) is 0 Å². The van der Waals surface area contributed by atoms with Gasteiger partial charge in [0.1, 0.15) is 0 Å². The predicted octanol–water partition coefficient (Wildman–Crippen LogP) is -1.07. The number of halogens is 1. The minimum atomic E-state index is -1.82. The summed E-state index contributed by atoms with van der Waals surface area (Å²) < 4.78 is 0. The van der Waals surface area contributed by atoms with Crippen LogP contribution in [-0.4, -0.2) is 41.0 Å². The van der Waals surface area contributed by atoms with Crippen LogP contribution in [0.25, 0.3) is 0 Å². The Morgan fingerprint density at radius 3 is 1.12 bits per heavy atom. The molecule has 0 saturated heterocycles. The van der Waals surface area contributed by atoms with Gasteiger partial charge >= 0.3 is 11.9 Å². The molecule has 4 nitrogen and oxygen atoms in total. The van der Waals surface area contributed by atoms with Crippen LogP contribution in [0.3, 0.4) is 0 Å². The van der Waals surface area contributed by atoms with Crippen molar-refractivity contribution in [3.05, 3.63) is 0 Å². The van der Waals surface area contributed by atoms with Gasteiger partial charge in [0.05, 0.1) is 0 Å². The van der Waals surface area contributed by atoms with Gasteiger partial charge in [0.2, 0.25) is 0 Å². The summed E-state index contributed by atoms with van der Waals surface area (Å²) >= 11 is 0. The van der Waals surface area contributed by atoms with E-state index in [0.29, 0.717) is 0 Å². The molecule has 8 heavy (non-hydrogen) atoms. The summed E-state index contributed by atoms with van der Waals surface area (Å²) in [5.41, 5.74) is 0. The van der Waals surface area contributed by atoms with Crippen LogP contribution in [0.1, 0.15) is 0 Å². The fraction of sp³-hybridized carbons (Fsp3) is 0. The summed E-state index contributed by atoms with van der Waals surface area (Å²) in [7, 11) is 0. The second-order valence-electron chi connectivity index (χ2n) is 0.610. The van der Waals surface area contributed by atoms with E-state index in [4.69, 9.17) is 19.8 Å². The second-order valence-corrected chi connectivity index (χ2v) is 0.610. The van der Waals surface area contributed by atoms with Crippen LogP contribution in [0.5, 0.6) is 0 Å². The maximum absolute atomic E-state index is 9.10. The standard InChI is InChI=1S/C2H2O4.FH.Li/c3-1(4)2(5)6;;/h(H,3,4)(H,5,6);1H;. The fourth-order valence-electron chi connectivity index (χ4n) is 0. The molecule has 0 aliphatic carbocycles. The molecule has 43 valence electrons. The molecule has 0 aliphatic rings. The zero-order valence-corrected chi connectivity index (χ0v) is 4.12. The molecule has 0 unspecified atom stereocenters. The van der Waals surface area contributed by atoms with Gasteiger partial charge in [0.15, 0.2) is 0 Å². The maximum Gasteiger partial charge on any atom is 0.414 e. The van der Waals surface area contributed by atoms with E-state index in [1.54, 1.807) is 0 Å². The molecular weight excluding hydrogens is 114 g/mol. The van der Waals surface area contributed by atoms with Gasteiger partial charge in [-0.25, -0.2) is 9.59 Å². The van der Waals surface area contributed by atoms with Crippen LogP contribution < -0.4 is 0 Å². The molecule has 0 rings (SSSR count). The molecule has 0 heterocycles. The summed E-state index contributed by atoms with van der Waals surface area (Å²) in [6.07, 6.45) is 0. The van der Waals surface area contributed by atoms with Crippen LogP contribution in [0.15, 0.2) is 0 Å². The number of aliphatic carboxylic acids is 2. The van der Waals surface area contributed by atoms with Gasteiger partial charge in [-0.3, -0.25) is 4.70 Å². The molecule has 0 aromatic carbocycles. The first kappa shape index (κ1) is 15.7. The SMILES string of the molecule is F.O=C(O)C(=O)O.[Li]. The van der Waals surface area contributed by atoms with Gasteiger partial charge in [-0.05, 0) is 0 Å². The Balaban J connectivity index is -0.000000125. The summed E-state index contributed by atoms with van der Waals surface area (Å²) in [4.78, 5) is 18.2. The zero-order valence-electron chi connectivity index (χ0n) is 4.12. The first-order valence-electron chi connectivity index (χ1n) is 1.11. The van der Waals surface area contributed by atoms with Gasteiger partial charge in [-0.1, -0.05) is 0 Å². The Bertz CT molecular complexity index is 80.0. The summed E-state index contributed by atoms with van der Waals surface area (Å²) in [5, 5.41) is 14.8. The first-order valence-corrected chi connectivity index (χ1v) is 1.11. The van der Waals surface area contributed by atoms with Crippen molar-refractivity contribution in [2.45, 2.75) is 0 Å². The molecule has 0 bridgehead atoms. The van der Waals surface area contributed by atoms with Crippen molar-refractivity contribution in [2.24, 2.45) is 0 Å². The van der Waals surface area contributed by atoms with Gasteiger partial charge in [-0.15, -0.1) is 0 Å². The number of carboxylic acids is 2. The maximum atomic E-state index is 9.10. The summed E-state index contributed by atoms with van der Waals surface area (Å²) in [6, 6.07) is 0. The third-order valence-corrected chi connectivity index (χ3v) is 0.183. The number of carbonyl (C=O) groups is 2. The molecule has 1 radical (unpaired) electrons. The summed E-state index contributed by atoms with van der Waals surface area (Å²) in [6.45, 7) is 0. The van der Waals surface area contributed by atoms with E-state index in [-0.39, 0.29) is 23.6 Å². The van der Waals surface area contributed by atoms with E-state index in [9.17, 15) is 0 Å². The third-order valence-electron chi connectivity index (χ3n) is 0.183. The summed E-state index contributed by atoms with van der Waals surface area (Å²) in [5.74, 6) is -3.65. The van der Waals surface area contributed by atoms with Crippen LogP contribution in [0.4, 0.5) is 4.70 Å². The van der Waals surface area contributed by atoms with Crippen molar-refractivity contribution in [3.8, 4) is 0 Å². The zero-order chi connectivity index (χ0) is 5.15. The van der Waals surface area contributed by atoms with Crippen molar-refractivity contribution < 1.29 is 24.5 Å². The van der Waals surface area contributed by atoms with Crippen molar-refractivity contribution in [3.63, 3.8) is 0 Å². The Hall–Kier alpha value is -0.533. The van der Waals surface area contributed by atoms with E-state index >= 15 is 0 Å². The molecule has 0 atom stereocenters. The third kappa shape index (κ3) is 9.08. The average Bonchev–Trinajstić information content (AvgIpc) is 1.36. The monoisotopic (exact) mass is 117 g/mol. The molecule has 0 aromatic heterocycles. The molecular formula is C2H3FLiO4. The van der Waals surface area contributed by atoms with Gasteiger partial charge < -0.3 is 10.2 Å². The number of rotatable bonds is 0. The van der Waals surface area contributed by atoms with E-state index in [0.717, 1.165) is 0 Å². The minimum Gasteiger partial charge on any atom is -0.473 e. The minimum absolute atomic E-state index is 0. The Labute approximate surface area is 56.0 Å². The van der Waals surface area contributed by atoms with E-state index in [1.807, 2.05) is 0 Å². The van der Waals surface area contributed by atoms with E-state index < -0.39 is 11.9 Å². The molecule has 0 saturated carbocycles. The number of hydrogen-bond donors (Lipinski definition) is 2.